The normalized spacial score (nSPS) is 11.6. The number of hydrogen-bond acceptors (Lipinski definition) is 2. The van der Waals surface area contributed by atoms with Crippen molar-refractivity contribution >= 4 is 17.7 Å². The highest BCUT2D eigenvalue weighted by Gasteiger charge is 2.18. The van der Waals surface area contributed by atoms with Crippen LogP contribution in [-0.2, 0) is 11.2 Å². The van der Waals surface area contributed by atoms with Crippen LogP contribution in [0.1, 0.15) is 18.1 Å². The molecule has 0 saturated carbocycles. The summed E-state index contributed by atoms with van der Waals surface area (Å²) in [7, 11) is 1.59. The zero-order valence-corrected chi connectivity index (χ0v) is 13.9. The van der Waals surface area contributed by atoms with Gasteiger partial charge in [-0.2, -0.15) is 0 Å². The van der Waals surface area contributed by atoms with Crippen molar-refractivity contribution in [1.29, 1.82) is 0 Å². The second-order valence-electron chi connectivity index (χ2n) is 5.87. The average Bonchev–Trinajstić information content (AvgIpc) is 2.57. The molecule has 2 N–H and O–H groups in total. The molecule has 5 nitrogen and oxygen atoms in total. The van der Waals surface area contributed by atoms with E-state index in [1.807, 2.05) is 54.6 Å². The van der Waals surface area contributed by atoms with Gasteiger partial charge in [-0.1, -0.05) is 55.5 Å². The van der Waals surface area contributed by atoms with Gasteiger partial charge in [-0.05, 0) is 23.6 Å². The summed E-state index contributed by atoms with van der Waals surface area (Å²) in [5.41, 5.74) is 2.91. The Labute approximate surface area is 141 Å². The molecule has 0 heterocycles. The number of hydrogen-bond donors (Lipinski definition) is 2. The van der Waals surface area contributed by atoms with E-state index in [9.17, 15) is 9.59 Å². The summed E-state index contributed by atoms with van der Waals surface area (Å²) in [5.74, 6) is -1.53. The van der Waals surface area contributed by atoms with Crippen molar-refractivity contribution in [2.24, 2.45) is 5.92 Å². The van der Waals surface area contributed by atoms with Crippen molar-refractivity contribution in [3.8, 4) is 0 Å². The fraction of sp³-hybridized carbons (Fsp3) is 0.263. The molecule has 2 aromatic rings. The highest BCUT2D eigenvalue weighted by Crippen LogP contribution is 2.19. The first-order chi connectivity index (χ1) is 11.5. The van der Waals surface area contributed by atoms with Crippen LogP contribution in [0.15, 0.2) is 54.6 Å². The second-order valence-corrected chi connectivity index (χ2v) is 5.87. The Morgan fingerprint density at radius 1 is 1.08 bits per heavy atom. The molecule has 0 aliphatic carbocycles. The predicted molar refractivity (Wildman–Crippen MR) is 94.1 cm³/mol. The van der Waals surface area contributed by atoms with Crippen molar-refractivity contribution in [3.05, 3.63) is 65.7 Å². The zero-order valence-electron chi connectivity index (χ0n) is 13.9. The summed E-state index contributed by atoms with van der Waals surface area (Å²) in [6.45, 7) is 1.73. The van der Waals surface area contributed by atoms with E-state index < -0.39 is 11.9 Å². The number of carboxylic acid groups (broad SMARTS) is 1. The fourth-order valence-corrected chi connectivity index (χ4v) is 2.39. The van der Waals surface area contributed by atoms with Crippen molar-refractivity contribution in [2.75, 3.05) is 18.9 Å². The molecular formula is C19H22N2O3. The number of carbonyl (C=O) groups is 2. The number of urea groups is 1. The molecule has 24 heavy (non-hydrogen) atoms. The van der Waals surface area contributed by atoms with E-state index in [2.05, 4.69) is 5.32 Å². The summed E-state index contributed by atoms with van der Waals surface area (Å²) in [6.07, 6.45) is 0.715. The van der Waals surface area contributed by atoms with E-state index in [0.29, 0.717) is 6.42 Å². The molecule has 0 bridgehead atoms. The van der Waals surface area contributed by atoms with Gasteiger partial charge >= 0.3 is 12.0 Å². The van der Waals surface area contributed by atoms with Gasteiger partial charge in [-0.3, -0.25) is 4.79 Å². The Balaban J connectivity index is 2.07. The maximum absolute atomic E-state index is 12.3. The highest BCUT2D eigenvalue weighted by atomic mass is 16.4. The Hall–Kier alpha value is -2.82. The van der Waals surface area contributed by atoms with Gasteiger partial charge in [0.05, 0.1) is 5.92 Å². The van der Waals surface area contributed by atoms with E-state index in [4.69, 9.17) is 5.11 Å². The lowest BCUT2D eigenvalue weighted by molar-refractivity contribution is -0.141. The molecular weight excluding hydrogens is 304 g/mol. The lowest BCUT2D eigenvalue weighted by Gasteiger charge is -2.21. The molecule has 0 aliphatic heterocycles. The molecule has 2 amide bonds. The minimum atomic E-state index is -0.917. The molecule has 0 saturated heterocycles. The summed E-state index contributed by atoms with van der Waals surface area (Å²) < 4.78 is 0. The number of benzene rings is 2. The molecule has 0 radical (unpaired) electrons. The lowest BCUT2D eigenvalue weighted by Crippen LogP contribution is -2.36. The number of nitrogens with zero attached hydrogens (tertiary/aromatic N) is 1. The summed E-state index contributed by atoms with van der Waals surface area (Å²) in [5, 5.41) is 11.8. The van der Waals surface area contributed by atoms with Crippen LogP contribution in [0.2, 0.25) is 0 Å². The number of nitrogens with one attached hydrogen (secondary N) is 1. The van der Waals surface area contributed by atoms with Crippen LogP contribution in [0, 0.1) is 5.92 Å². The van der Waals surface area contributed by atoms with Gasteiger partial charge in [0, 0.05) is 19.3 Å². The van der Waals surface area contributed by atoms with Crippen LogP contribution in [0.3, 0.4) is 0 Å². The second kappa shape index (κ2) is 8.15. The Morgan fingerprint density at radius 2 is 1.71 bits per heavy atom. The third-order valence-electron chi connectivity index (χ3n) is 3.81. The Kier molecular flexibility index (Phi) is 5.95. The van der Waals surface area contributed by atoms with E-state index in [-0.39, 0.29) is 12.6 Å². The van der Waals surface area contributed by atoms with Gasteiger partial charge in [0.1, 0.15) is 0 Å². The molecule has 0 fully saturated rings. The Morgan fingerprint density at radius 3 is 2.38 bits per heavy atom. The summed E-state index contributed by atoms with van der Waals surface area (Å²) in [6, 6.07) is 17.3. The monoisotopic (exact) mass is 326 g/mol. The molecule has 0 aliphatic rings. The first-order valence-corrected chi connectivity index (χ1v) is 7.84. The van der Waals surface area contributed by atoms with Crippen LogP contribution in [0.5, 0.6) is 0 Å². The maximum atomic E-state index is 12.3. The quantitative estimate of drug-likeness (QED) is 0.854. The van der Waals surface area contributed by atoms with Crippen LogP contribution in [0.25, 0.3) is 0 Å². The minimum absolute atomic E-state index is 0.155. The van der Waals surface area contributed by atoms with Crippen molar-refractivity contribution in [2.45, 2.75) is 13.3 Å². The van der Waals surface area contributed by atoms with Crippen molar-refractivity contribution in [3.63, 3.8) is 0 Å². The number of para-hydroxylation sites is 1. The van der Waals surface area contributed by atoms with Crippen LogP contribution in [-0.4, -0.2) is 35.6 Å². The first-order valence-electron chi connectivity index (χ1n) is 7.84. The topological polar surface area (TPSA) is 69.6 Å². The van der Waals surface area contributed by atoms with Crippen molar-refractivity contribution < 1.29 is 14.7 Å². The molecule has 5 heteroatoms. The molecule has 2 aromatic carbocycles. The van der Waals surface area contributed by atoms with E-state index in [0.717, 1.165) is 16.8 Å². The molecule has 0 spiro atoms. The smallest absolute Gasteiger partial charge is 0.321 e. The number of carbonyl (C=O) groups excluding carboxylic acids is 1. The Bertz CT molecular complexity index is 701. The van der Waals surface area contributed by atoms with Gasteiger partial charge in [-0.25, -0.2) is 4.79 Å². The number of amides is 2. The SMILES string of the molecule is CC(CN(C)C(=O)Nc1ccccc1Cc1ccccc1)C(=O)O. The summed E-state index contributed by atoms with van der Waals surface area (Å²) >= 11 is 0. The molecule has 1 unspecified atom stereocenters. The average molecular weight is 326 g/mol. The largest absolute Gasteiger partial charge is 0.481 e. The standard InChI is InChI=1S/C19H22N2O3/c1-14(18(22)23)13-21(2)19(24)20-17-11-7-6-10-16(17)12-15-8-4-3-5-9-15/h3-11,14H,12-13H2,1-2H3,(H,20,24)(H,22,23). The number of anilines is 1. The third-order valence-corrected chi connectivity index (χ3v) is 3.81. The van der Waals surface area contributed by atoms with Gasteiger partial charge in [0.15, 0.2) is 0 Å². The molecule has 126 valence electrons. The fourth-order valence-electron chi connectivity index (χ4n) is 2.39. The predicted octanol–water partition coefficient (Wildman–Crippen LogP) is 3.46. The van der Waals surface area contributed by atoms with Crippen LogP contribution >= 0.6 is 0 Å². The van der Waals surface area contributed by atoms with E-state index in [1.165, 1.54) is 4.90 Å². The van der Waals surface area contributed by atoms with Gasteiger partial charge in [0.25, 0.3) is 0 Å². The zero-order chi connectivity index (χ0) is 17.5. The van der Waals surface area contributed by atoms with Crippen LogP contribution in [0.4, 0.5) is 10.5 Å². The van der Waals surface area contributed by atoms with Gasteiger partial charge in [-0.15, -0.1) is 0 Å². The molecule has 0 aromatic heterocycles. The first kappa shape index (κ1) is 17.5. The van der Waals surface area contributed by atoms with Gasteiger partial charge in [0.2, 0.25) is 0 Å². The maximum Gasteiger partial charge on any atom is 0.321 e. The summed E-state index contributed by atoms with van der Waals surface area (Å²) in [4.78, 5) is 24.6. The number of aliphatic carboxylic acids is 1. The van der Waals surface area contributed by atoms with Crippen LogP contribution < -0.4 is 5.32 Å². The van der Waals surface area contributed by atoms with Gasteiger partial charge < -0.3 is 15.3 Å². The molecule has 2 rings (SSSR count). The van der Waals surface area contributed by atoms with E-state index >= 15 is 0 Å². The third kappa shape index (κ3) is 4.84. The minimum Gasteiger partial charge on any atom is -0.481 e. The number of rotatable bonds is 6. The highest BCUT2D eigenvalue weighted by molar-refractivity contribution is 5.90. The number of carboxylic acids is 1. The van der Waals surface area contributed by atoms with E-state index in [1.54, 1.807) is 14.0 Å². The van der Waals surface area contributed by atoms with Crippen molar-refractivity contribution in [1.82, 2.24) is 4.90 Å². The lowest BCUT2D eigenvalue weighted by atomic mass is 10.0. The molecule has 1 atom stereocenters.